The van der Waals surface area contributed by atoms with Gasteiger partial charge in [0.1, 0.15) is 17.3 Å². The Morgan fingerprint density at radius 3 is 2.44 bits per heavy atom. The standard InChI is InChI=1S/C20H19FN4O2/c1-13-11-18(19(26)22-12-14-3-9-17(27-2)10-4-14)25-20(23-13)24-16-7-5-15(21)6-8-16/h3-11H,12H2,1-2H3,(H,22,26)(H,23,24,25). The van der Waals surface area contributed by atoms with Crippen LogP contribution in [0.15, 0.2) is 54.6 Å². The van der Waals surface area contributed by atoms with Gasteiger partial charge in [0.2, 0.25) is 5.95 Å². The van der Waals surface area contributed by atoms with Gasteiger partial charge in [0.05, 0.1) is 7.11 Å². The normalized spacial score (nSPS) is 10.3. The molecule has 7 heteroatoms. The summed E-state index contributed by atoms with van der Waals surface area (Å²) in [4.78, 5) is 20.9. The predicted octanol–water partition coefficient (Wildman–Crippen LogP) is 3.61. The summed E-state index contributed by atoms with van der Waals surface area (Å²) >= 11 is 0. The van der Waals surface area contributed by atoms with Crippen molar-refractivity contribution in [1.29, 1.82) is 0 Å². The highest BCUT2D eigenvalue weighted by atomic mass is 19.1. The third kappa shape index (κ3) is 5.01. The van der Waals surface area contributed by atoms with Crippen molar-refractivity contribution in [3.05, 3.63) is 77.4 Å². The number of hydrogen-bond acceptors (Lipinski definition) is 5. The molecule has 1 heterocycles. The Hall–Kier alpha value is -3.48. The lowest BCUT2D eigenvalue weighted by Gasteiger charge is -2.09. The Morgan fingerprint density at radius 1 is 1.07 bits per heavy atom. The molecule has 2 aromatic carbocycles. The quantitative estimate of drug-likeness (QED) is 0.697. The summed E-state index contributed by atoms with van der Waals surface area (Å²) in [5.41, 5.74) is 2.47. The van der Waals surface area contributed by atoms with Crippen molar-refractivity contribution in [2.45, 2.75) is 13.5 Å². The van der Waals surface area contributed by atoms with E-state index in [0.717, 1.165) is 11.3 Å². The molecular weight excluding hydrogens is 347 g/mol. The zero-order valence-electron chi connectivity index (χ0n) is 15.0. The van der Waals surface area contributed by atoms with E-state index in [0.29, 0.717) is 17.9 Å². The Labute approximate surface area is 156 Å². The molecule has 0 unspecified atom stereocenters. The molecule has 0 fully saturated rings. The van der Waals surface area contributed by atoms with Crippen molar-refractivity contribution in [2.75, 3.05) is 12.4 Å². The largest absolute Gasteiger partial charge is 0.497 e. The molecule has 138 valence electrons. The number of benzene rings is 2. The van der Waals surface area contributed by atoms with E-state index >= 15 is 0 Å². The van der Waals surface area contributed by atoms with Gasteiger partial charge in [0, 0.05) is 17.9 Å². The first-order valence-corrected chi connectivity index (χ1v) is 8.33. The van der Waals surface area contributed by atoms with E-state index in [4.69, 9.17) is 4.74 Å². The number of ether oxygens (including phenoxy) is 1. The van der Waals surface area contributed by atoms with Crippen LogP contribution in [0.4, 0.5) is 16.0 Å². The van der Waals surface area contributed by atoms with E-state index in [1.807, 2.05) is 24.3 Å². The fourth-order valence-electron chi connectivity index (χ4n) is 2.42. The van der Waals surface area contributed by atoms with Crippen molar-refractivity contribution in [3.63, 3.8) is 0 Å². The van der Waals surface area contributed by atoms with E-state index in [-0.39, 0.29) is 23.4 Å². The first-order valence-electron chi connectivity index (χ1n) is 8.33. The highest BCUT2D eigenvalue weighted by molar-refractivity contribution is 5.92. The van der Waals surface area contributed by atoms with Gasteiger partial charge in [-0.1, -0.05) is 12.1 Å². The number of amides is 1. The third-order valence-electron chi connectivity index (χ3n) is 3.80. The first-order chi connectivity index (χ1) is 13.0. The van der Waals surface area contributed by atoms with Gasteiger partial charge in [-0.15, -0.1) is 0 Å². The van der Waals surface area contributed by atoms with Crippen LogP contribution >= 0.6 is 0 Å². The molecule has 0 aliphatic carbocycles. The molecule has 0 radical (unpaired) electrons. The number of anilines is 2. The minimum atomic E-state index is -0.329. The maximum Gasteiger partial charge on any atom is 0.270 e. The van der Waals surface area contributed by atoms with Gasteiger partial charge in [-0.25, -0.2) is 14.4 Å². The SMILES string of the molecule is COc1ccc(CNC(=O)c2cc(C)nc(Nc3ccc(F)cc3)n2)cc1. The molecule has 1 amide bonds. The van der Waals surface area contributed by atoms with Gasteiger partial charge in [-0.3, -0.25) is 4.79 Å². The molecule has 2 N–H and O–H groups in total. The number of rotatable bonds is 6. The second-order valence-corrected chi connectivity index (χ2v) is 5.88. The van der Waals surface area contributed by atoms with E-state index in [1.165, 1.54) is 12.1 Å². The van der Waals surface area contributed by atoms with Crippen LogP contribution in [0.2, 0.25) is 0 Å². The number of carbonyl (C=O) groups is 1. The predicted molar refractivity (Wildman–Crippen MR) is 101 cm³/mol. The number of methoxy groups -OCH3 is 1. The average Bonchev–Trinajstić information content (AvgIpc) is 2.68. The number of hydrogen-bond donors (Lipinski definition) is 2. The van der Waals surface area contributed by atoms with E-state index in [2.05, 4.69) is 20.6 Å². The number of aryl methyl sites for hydroxylation is 1. The van der Waals surface area contributed by atoms with Crippen LogP contribution in [0.1, 0.15) is 21.7 Å². The van der Waals surface area contributed by atoms with Crippen molar-refractivity contribution < 1.29 is 13.9 Å². The lowest BCUT2D eigenvalue weighted by Crippen LogP contribution is -2.24. The summed E-state index contributed by atoms with van der Waals surface area (Å²) in [5.74, 6) is 0.395. The van der Waals surface area contributed by atoms with Crippen LogP contribution in [-0.4, -0.2) is 23.0 Å². The van der Waals surface area contributed by atoms with Gasteiger partial charge in [0.25, 0.3) is 5.91 Å². The van der Waals surface area contributed by atoms with Crippen LogP contribution in [0, 0.1) is 12.7 Å². The van der Waals surface area contributed by atoms with Crippen molar-refractivity contribution in [2.24, 2.45) is 0 Å². The molecule has 0 saturated heterocycles. The summed E-state index contributed by atoms with van der Waals surface area (Å²) in [7, 11) is 1.60. The van der Waals surface area contributed by atoms with Gasteiger partial charge in [-0.2, -0.15) is 0 Å². The Balaban J connectivity index is 1.68. The van der Waals surface area contributed by atoms with E-state index in [9.17, 15) is 9.18 Å². The summed E-state index contributed by atoms with van der Waals surface area (Å²) < 4.78 is 18.1. The molecular formula is C20H19FN4O2. The summed E-state index contributed by atoms with van der Waals surface area (Å²) in [5, 5.41) is 5.80. The third-order valence-corrected chi connectivity index (χ3v) is 3.80. The first kappa shape index (κ1) is 18.3. The fourth-order valence-corrected chi connectivity index (χ4v) is 2.42. The maximum atomic E-state index is 13.0. The molecule has 0 aliphatic rings. The molecule has 6 nitrogen and oxygen atoms in total. The fraction of sp³-hybridized carbons (Fsp3) is 0.150. The molecule has 0 saturated carbocycles. The summed E-state index contributed by atoms with van der Waals surface area (Å²) in [6.45, 7) is 2.14. The van der Waals surface area contributed by atoms with Gasteiger partial charge < -0.3 is 15.4 Å². The summed E-state index contributed by atoms with van der Waals surface area (Å²) in [6, 6.07) is 14.9. The van der Waals surface area contributed by atoms with Crippen LogP contribution in [0.5, 0.6) is 5.75 Å². The average molecular weight is 366 g/mol. The number of carbonyl (C=O) groups excluding carboxylic acids is 1. The van der Waals surface area contributed by atoms with Gasteiger partial charge >= 0.3 is 0 Å². The Bertz CT molecular complexity index is 928. The smallest absolute Gasteiger partial charge is 0.270 e. The van der Waals surface area contributed by atoms with Crippen molar-refractivity contribution in [3.8, 4) is 5.75 Å². The molecule has 3 aromatic rings. The zero-order valence-corrected chi connectivity index (χ0v) is 15.0. The molecule has 3 rings (SSSR count). The van der Waals surface area contributed by atoms with Crippen LogP contribution < -0.4 is 15.4 Å². The minimum absolute atomic E-state index is 0.251. The minimum Gasteiger partial charge on any atom is -0.497 e. The van der Waals surface area contributed by atoms with Gasteiger partial charge in [-0.05, 0) is 55.0 Å². The van der Waals surface area contributed by atoms with Crippen LogP contribution in [-0.2, 0) is 6.54 Å². The van der Waals surface area contributed by atoms with Crippen LogP contribution in [0.25, 0.3) is 0 Å². The summed E-state index contributed by atoms with van der Waals surface area (Å²) in [6.07, 6.45) is 0. The monoisotopic (exact) mass is 366 g/mol. The van der Waals surface area contributed by atoms with Crippen molar-refractivity contribution in [1.82, 2.24) is 15.3 Å². The molecule has 0 aliphatic heterocycles. The molecule has 0 bridgehead atoms. The highest BCUT2D eigenvalue weighted by Gasteiger charge is 2.11. The molecule has 27 heavy (non-hydrogen) atoms. The van der Waals surface area contributed by atoms with E-state index in [1.54, 1.807) is 32.2 Å². The number of nitrogens with one attached hydrogen (secondary N) is 2. The number of halogens is 1. The van der Waals surface area contributed by atoms with Gasteiger partial charge in [0.15, 0.2) is 0 Å². The highest BCUT2D eigenvalue weighted by Crippen LogP contribution is 2.15. The van der Waals surface area contributed by atoms with Crippen molar-refractivity contribution >= 4 is 17.5 Å². The number of aromatic nitrogens is 2. The lowest BCUT2D eigenvalue weighted by atomic mass is 10.2. The Morgan fingerprint density at radius 2 is 1.78 bits per heavy atom. The lowest BCUT2D eigenvalue weighted by molar-refractivity contribution is 0.0945. The second-order valence-electron chi connectivity index (χ2n) is 5.88. The molecule has 0 atom stereocenters. The topological polar surface area (TPSA) is 76.1 Å². The van der Waals surface area contributed by atoms with E-state index < -0.39 is 0 Å². The zero-order chi connectivity index (χ0) is 19.2. The second kappa shape index (κ2) is 8.27. The maximum absolute atomic E-state index is 13.0. The molecule has 1 aromatic heterocycles. The van der Waals surface area contributed by atoms with Crippen LogP contribution in [0.3, 0.4) is 0 Å². The number of nitrogens with zero attached hydrogens (tertiary/aromatic N) is 2. The molecule has 0 spiro atoms. The Kier molecular flexibility index (Phi) is 5.61.